The second-order valence-electron chi connectivity index (χ2n) is 22.0. The molecule has 1 unspecified atom stereocenters. The highest BCUT2D eigenvalue weighted by Gasteiger charge is 2.42. The number of carboxylic acid groups (broad SMARTS) is 1. The van der Waals surface area contributed by atoms with Crippen LogP contribution in [-0.4, -0.2) is 210 Å². The van der Waals surface area contributed by atoms with Gasteiger partial charge in [0.25, 0.3) is 0 Å². The Balaban J connectivity index is 1.75. The number of nitrogens with zero attached hydrogens (tertiary/aromatic N) is 1. The lowest BCUT2D eigenvalue weighted by atomic mass is 9.89. The third-order valence-corrected chi connectivity index (χ3v) is 22.3. The number of amides is 9. The maximum Gasteiger partial charge on any atom is 0.303 e. The van der Waals surface area contributed by atoms with Gasteiger partial charge in [-0.25, -0.2) is 0 Å². The topological polar surface area (TPSA) is 456 Å². The van der Waals surface area contributed by atoms with Crippen molar-refractivity contribution in [2.24, 2.45) is 29.2 Å². The van der Waals surface area contributed by atoms with Gasteiger partial charge in [-0.2, -0.15) is 0 Å². The van der Waals surface area contributed by atoms with Gasteiger partial charge in [-0.1, -0.05) is 76.9 Å². The smallest absolute Gasteiger partial charge is 0.303 e. The molecule has 14 N–H and O–H groups in total. The first-order valence-corrected chi connectivity index (χ1v) is 36.1. The average molecular weight is 1360 g/mol. The molecule has 4 saturated heterocycles. The van der Waals surface area contributed by atoms with Gasteiger partial charge >= 0.3 is 5.97 Å². The predicted octanol–water partition coefficient (Wildman–Crippen LogP) is -1.36. The molecule has 4 aliphatic heterocycles. The molecule has 490 valence electrons. The molecule has 0 aliphatic carbocycles. The number of nitrogens with two attached hydrogens (primary N) is 2. The van der Waals surface area contributed by atoms with E-state index in [1.54, 1.807) is 0 Å². The molecule has 0 spiro atoms. The molecule has 1 aromatic carbocycles. The van der Waals surface area contributed by atoms with Crippen LogP contribution in [0.1, 0.15) is 90.5 Å². The maximum atomic E-state index is 14.9. The van der Waals surface area contributed by atoms with E-state index in [0.29, 0.717) is 5.56 Å². The Bertz CT molecular complexity index is 2820. The van der Waals surface area contributed by atoms with Crippen molar-refractivity contribution < 1.29 is 87.2 Å². The molecular formula is C55H76N10O18S6. The summed E-state index contributed by atoms with van der Waals surface area (Å²) in [5.41, 5.74) is 12.5. The van der Waals surface area contributed by atoms with Crippen LogP contribution in [0.3, 0.4) is 0 Å². The van der Waals surface area contributed by atoms with Crippen LogP contribution in [0.25, 0.3) is 0 Å². The van der Waals surface area contributed by atoms with Crippen molar-refractivity contribution in [2.45, 2.75) is 152 Å². The number of aliphatic hydroxyl groups is 1. The first-order valence-electron chi connectivity index (χ1n) is 28.6. The molecule has 89 heavy (non-hydrogen) atoms. The number of primary amides is 1. The number of carbonyl (C=O) groups excluding carboxylic acids is 14. The lowest BCUT2D eigenvalue weighted by molar-refractivity contribution is -0.143. The van der Waals surface area contributed by atoms with Gasteiger partial charge in [-0.15, -0.1) is 0 Å². The fraction of sp³-hybridized carbons (Fsp3) is 0.618. The number of carboxylic acids is 1. The number of fused-ring (bicyclic) bond motifs is 20. The van der Waals surface area contributed by atoms with Crippen molar-refractivity contribution >= 4 is 153 Å². The number of benzene rings is 1. The average Bonchev–Trinajstić information content (AvgIpc) is 4.09. The lowest BCUT2D eigenvalue weighted by Gasteiger charge is -2.30. The third-order valence-electron chi connectivity index (χ3n) is 14.9. The zero-order chi connectivity index (χ0) is 65.6. The number of phenolic OH excluding ortho intramolecular Hbond substituents is 1. The molecule has 9 amide bonds. The van der Waals surface area contributed by atoms with Crippen LogP contribution in [0, 0.1) is 17.8 Å². The molecule has 4 aliphatic rings. The largest absolute Gasteiger partial charge is 0.508 e. The van der Waals surface area contributed by atoms with Crippen LogP contribution in [0.15, 0.2) is 24.3 Å². The number of phenols is 1. The quantitative estimate of drug-likeness (QED) is 0.127. The van der Waals surface area contributed by atoms with Crippen LogP contribution in [0.4, 0.5) is 0 Å². The van der Waals surface area contributed by atoms with E-state index in [-0.39, 0.29) is 66.1 Å². The van der Waals surface area contributed by atoms with Crippen LogP contribution >= 0.6 is 64.8 Å². The van der Waals surface area contributed by atoms with Crippen LogP contribution < -0.4 is 48.7 Å². The number of hydrogen-bond acceptors (Lipinski definition) is 24. The van der Waals surface area contributed by atoms with E-state index in [2.05, 4.69) is 37.2 Å². The molecule has 4 fully saturated rings. The van der Waals surface area contributed by atoms with Crippen LogP contribution in [0.2, 0.25) is 0 Å². The van der Waals surface area contributed by atoms with Gasteiger partial charge < -0.3 is 68.9 Å². The number of ketones is 5. The van der Waals surface area contributed by atoms with Gasteiger partial charge in [-0.3, -0.25) is 71.9 Å². The highest BCUT2D eigenvalue weighted by atomic mass is 33.1. The van der Waals surface area contributed by atoms with Gasteiger partial charge in [0.15, 0.2) is 28.9 Å². The Morgan fingerprint density at radius 2 is 1.20 bits per heavy atom. The summed E-state index contributed by atoms with van der Waals surface area (Å²) >= 11 is 0. The molecule has 4 bridgehead atoms. The van der Waals surface area contributed by atoms with Gasteiger partial charge in [-0.05, 0) is 64.2 Å². The Labute approximate surface area is 536 Å². The second-order valence-corrected chi connectivity index (χ2v) is 29.6. The number of aliphatic hydroxyl groups excluding tert-OH is 1. The Hall–Kier alpha value is -5.91. The minimum Gasteiger partial charge on any atom is -0.508 e. The van der Waals surface area contributed by atoms with Crippen molar-refractivity contribution in [3.8, 4) is 5.75 Å². The van der Waals surface area contributed by atoms with Crippen molar-refractivity contribution in [3.63, 3.8) is 0 Å². The van der Waals surface area contributed by atoms with E-state index in [9.17, 15) is 87.2 Å². The highest BCUT2D eigenvalue weighted by molar-refractivity contribution is 8.77. The summed E-state index contributed by atoms with van der Waals surface area (Å²) in [6.45, 7) is 3.65. The van der Waals surface area contributed by atoms with Gasteiger partial charge in [0.2, 0.25) is 53.2 Å². The summed E-state index contributed by atoms with van der Waals surface area (Å²) in [5.74, 6) is -19.2. The fourth-order valence-electron chi connectivity index (χ4n) is 9.68. The first-order chi connectivity index (χ1) is 42.1. The van der Waals surface area contributed by atoms with Crippen molar-refractivity contribution in [1.82, 2.24) is 42.1 Å². The van der Waals surface area contributed by atoms with E-state index in [0.717, 1.165) is 69.7 Å². The number of aliphatic carboxylic acids is 1. The number of rotatable bonds is 9. The van der Waals surface area contributed by atoms with Gasteiger partial charge in [0.05, 0.1) is 48.5 Å². The Kier molecular flexibility index (Phi) is 30.0. The van der Waals surface area contributed by atoms with Crippen molar-refractivity contribution in [3.05, 3.63) is 29.8 Å². The van der Waals surface area contributed by atoms with Gasteiger partial charge in [0, 0.05) is 85.5 Å². The number of Topliss-reactive ketones (excluding diaryl/α,β-unsaturated/α-hetero) is 5. The van der Waals surface area contributed by atoms with Crippen LogP contribution in [-0.2, 0) is 78.3 Å². The number of hydrogen-bond donors (Lipinski definition) is 12. The normalized spacial score (nSPS) is 29.6. The third kappa shape index (κ3) is 23.7. The molecule has 28 nitrogen and oxygen atoms in total. The van der Waals surface area contributed by atoms with Gasteiger partial charge in [0.1, 0.15) is 36.0 Å². The highest BCUT2D eigenvalue weighted by Crippen LogP contribution is 2.32. The zero-order valence-corrected chi connectivity index (χ0v) is 54.0. The minimum atomic E-state index is -1.76. The molecule has 0 saturated carbocycles. The molecule has 5 rings (SSSR count). The van der Waals surface area contributed by atoms with Crippen molar-refractivity contribution in [1.29, 1.82) is 0 Å². The van der Waals surface area contributed by atoms with E-state index in [4.69, 9.17) is 11.5 Å². The van der Waals surface area contributed by atoms with E-state index >= 15 is 0 Å². The summed E-state index contributed by atoms with van der Waals surface area (Å²) in [7, 11) is 5.68. The minimum absolute atomic E-state index is 0.0599. The molecule has 0 radical (unpaired) electrons. The fourth-order valence-corrected chi connectivity index (χ4v) is 17.0. The molecule has 4 heterocycles. The lowest BCUT2D eigenvalue weighted by Crippen LogP contribution is -2.60. The van der Waals surface area contributed by atoms with E-state index < -0.39 is 218 Å². The summed E-state index contributed by atoms with van der Waals surface area (Å²) in [6.07, 6.45) is -6.45. The SMILES string of the molecule is CC(=O)[C@@H]1CSSC[C@@H]2NC(=O)[C@H](Cc3ccc(O)cc3)CC(=O)[C@H](CCC(=O)O)NC(=O)[C@@H]3CSSC[C@H](CC(=O)[C@H](C)NC(=O)[C@@H]4CCCN4C(=O)[C@H](CC(N)=O)NC(=O)C(CSSC[C@H](N)C(=O)C3)NC2=O)C(=O)N[C@@H]([C@H](C)O)C(=O)CCC(=O)N1. The second kappa shape index (κ2) is 36.2. The van der Waals surface area contributed by atoms with E-state index in [1.807, 2.05) is 0 Å². The molecule has 0 aromatic heterocycles. The van der Waals surface area contributed by atoms with E-state index in [1.165, 1.54) is 45.0 Å². The van der Waals surface area contributed by atoms with Crippen LogP contribution in [0.5, 0.6) is 5.75 Å². The summed E-state index contributed by atoms with van der Waals surface area (Å²) in [6, 6.07) is -7.85. The zero-order valence-electron chi connectivity index (χ0n) is 49.1. The number of aromatic hydroxyl groups is 1. The maximum absolute atomic E-state index is 14.9. The monoisotopic (exact) mass is 1360 g/mol. The predicted molar refractivity (Wildman–Crippen MR) is 335 cm³/mol. The summed E-state index contributed by atoms with van der Waals surface area (Å²) < 4.78 is 0. The van der Waals surface area contributed by atoms with Crippen molar-refractivity contribution in [2.75, 3.05) is 41.1 Å². The molecule has 34 heteroatoms. The molecule has 1 aromatic rings. The molecule has 13 atom stereocenters. The summed E-state index contributed by atoms with van der Waals surface area (Å²) in [5, 5.41) is 48.8. The number of nitrogens with one attached hydrogen (secondary N) is 7. The first kappa shape index (κ1) is 73.8. The standard InChI is InChI=1S/C55H76N10O18S6/c1-26-42(70)17-31-20-84-85-21-32-18-43(71)34(56)22-86-88-25-39(52(80)61-36(19-45(57)73)55(83)65-14-4-5-40(65)54(82)58-26)63-53(81)38(24-89-87-23-37(27(2)66)59-46(74)12-11-41(69)48(28(3)67)64-51(31)79)62-49(77)30(15-29-6-8-33(68)9-7-29)16-44(72)35(60-50(32)78)10-13-47(75)76/h6-9,26,28,30-32,34-40,48,67-68H,4-5,10-25,56H2,1-3H3,(H2,57,73)(H,58,82)(H,59,74)(H,60,78)(H,61,80)(H,62,77)(H,63,81)(H,64,79)(H,75,76)/t26-,28-,30+,31-,32-,34-,35-,36-,37-,38-,39?,40-,48-/m0/s1. The summed E-state index contributed by atoms with van der Waals surface area (Å²) in [4.78, 5) is 211. The Morgan fingerprint density at radius 3 is 1.81 bits per heavy atom. The molecular weight excluding hydrogens is 1280 g/mol. The Morgan fingerprint density at radius 1 is 0.640 bits per heavy atom. The number of carbonyl (C=O) groups is 15.